The minimum Gasteiger partial charge on any atom is -0.497 e. The number of methoxy groups -OCH3 is 2. The van der Waals surface area contributed by atoms with Crippen LogP contribution in [0.4, 0.5) is 0 Å². The van der Waals surface area contributed by atoms with Crippen molar-refractivity contribution in [2.45, 2.75) is 27.2 Å². The topological polar surface area (TPSA) is 89.0 Å². The standard InChI is InChI=1S/C17H25N3O4/c1-11(2)10-18-16(21)8-12(3)19-20-17(22)14-7-6-13(23-4)9-15(14)24-5/h6-7,9,11H,8,10H2,1-5H3,(H,18,21)(H,20,22)/b19-12-. The lowest BCUT2D eigenvalue weighted by atomic mass is 10.2. The van der Waals surface area contributed by atoms with Gasteiger partial charge >= 0.3 is 0 Å². The van der Waals surface area contributed by atoms with Crippen LogP contribution in [0, 0.1) is 5.92 Å². The molecule has 0 aromatic heterocycles. The molecule has 0 aliphatic heterocycles. The van der Waals surface area contributed by atoms with Gasteiger partial charge in [-0.1, -0.05) is 13.8 Å². The highest BCUT2D eigenvalue weighted by Crippen LogP contribution is 2.24. The van der Waals surface area contributed by atoms with Crippen LogP contribution >= 0.6 is 0 Å². The number of ether oxygens (including phenoxy) is 2. The van der Waals surface area contributed by atoms with Gasteiger partial charge in [-0.2, -0.15) is 5.10 Å². The van der Waals surface area contributed by atoms with Crippen LogP contribution in [0.15, 0.2) is 23.3 Å². The first kappa shape index (κ1) is 19.5. The third-order valence-corrected chi connectivity index (χ3v) is 3.13. The Morgan fingerprint density at radius 2 is 1.92 bits per heavy atom. The van der Waals surface area contributed by atoms with E-state index in [0.29, 0.717) is 35.2 Å². The number of amides is 2. The molecular formula is C17H25N3O4. The first-order valence-electron chi connectivity index (χ1n) is 7.69. The number of hydrogen-bond acceptors (Lipinski definition) is 5. The second-order valence-corrected chi connectivity index (χ2v) is 5.73. The van der Waals surface area contributed by atoms with Gasteiger partial charge in [0.25, 0.3) is 5.91 Å². The molecule has 0 bridgehead atoms. The van der Waals surface area contributed by atoms with Crippen LogP contribution in [-0.2, 0) is 4.79 Å². The summed E-state index contributed by atoms with van der Waals surface area (Å²) in [6.45, 7) is 6.33. The molecule has 0 fully saturated rings. The fraction of sp³-hybridized carbons (Fsp3) is 0.471. The van der Waals surface area contributed by atoms with E-state index in [1.54, 1.807) is 25.1 Å². The maximum Gasteiger partial charge on any atom is 0.275 e. The Balaban J connectivity index is 2.66. The normalized spacial score (nSPS) is 11.2. The van der Waals surface area contributed by atoms with Crippen LogP contribution in [0.25, 0.3) is 0 Å². The van der Waals surface area contributed by atoms with Crippen LogP contribution in [0.1, 0.15) is 37.6 Å². The molecule has 1 aromatic carbocycles. The zero-order valence-corrected chi connectivity index (χ0v) is 14.8. The fourth-order valence-corrected chi connectivity index (χ4v) is 1.84. The van der Waals surface area contributed by atoms with E-state index < -0.39 is 5.91 Å². The minimum atomic E-state index is -0.420. The van der Waals surface area contributed by atoms with Crippen molar-refractivity contribution in [2.24, 2.45) is 11.0 Å². The van der Waals surface area contributed by atoms with Gasteiger partial charge in [0, 0.05) is 18.3 Å². The van der Waals surface area contributed by atoms with E-state index in [9.17, 15) is 9.59 Å². The molecule has 2 amide bonds. The molecule has 0 heterocycles. The lowest BCUT2D eigenvalue weighted by molar-refractivity contribution is -0.120. The van der Waals surface area contributed by atoms with Crippen molar-refractivity contribution < 1.29 is 19.1 Å². The van der Waals surface area contributed by atoms with Crippen molar-refractivity contribution in [3.63, 3.8) is 0 Å². The molecule has 1 aromatic rings. The molecule has 132 valence electrons. The predicted octanol–water partition coefficient (Wildman–Crippen LogP) is 1.97. The Morgan fingerprint density at radius 3 is 2.50 bits per heavy atom. The summed E-state index contributed by atoms with van der Waals surface area (Å²) in [4.78, 5) is 23.9. The number of hydrogen-bond donors (Lipinski definition) is 2. The Bertz CT molecular complexity index is 612. The van der Waals surface area contributed by atoms with Gasteiger partial charge in [-0.25, -0.2) is 5.43 Å². The van der Waals surface area contributed by atoms with E-state index in [1.807, 2.05) is 13.8 Å². The number of carbonyl (C=O) groups excluding carboxylic acids is 2. The van der Waals surface area contributed by atoms with Crippen LogP contribution in [0.2, 0.25) is 0 Å². The Morgan fingerprint density at radius 1 is 1.21 bits per heavy atom. The number of nitrogens with zero attached hydrogens (tertiary/aromatic N) is 1. The van der Waals surface area contributed by atoms with Crippen LogP contribution < -0.4 is 20.2 Å². The summed E-state index contributed by atoms with van der Waals surface area (Å²) in [5, 5.41) is 6.75. The van der Waals surface area contributed by atoms with Gasteiger partial charge < -0.3 is 14.8 Å². The lowest BCUT2D eigenvalue weighted by Crippen LogP contribution is -2.29. The maximum atomic E-state index is 12.2. The van der Waals surface area contributed by atoms with Crippen molar-refractivity contribution >= 4 is 17.5 Å². The highest BCUT2D eigenvalue weighted by molar-refractivity contribution is 6.01. The molecule has 0 aliphatic rings. The van der Waals surface area contributed by atoms with Gasteiger partial charge in [-0.3, -0.25) is 9.59 Å². The van der Waals surface area contributed by atoms with Gasteiger partial charge in [0.1, 0.15) is 11.5 Å². The summed E-state index contributed by atoms with van der Waals surface area (Å²) < 4.78 is 10.3. The van der Waals surface area contributed by atoms with E-state index in [0.717, 1.165) is 0 Å². The molecule has 1 rings (SSSR count). The summed E-state index contributed by atoms with van der Waals surface area (Å²) in [6.07, 6.45) is 0.132. The van der Waals surface area contributed by atoms with Crippen LogP contribution in [-0.4, -0.2) is 38.3 Å². The molecule has 2 N–H and O–H groups in total. The molecule has 0 saturated heterocycles. The Hall–Kier alpha value is -2.57. The first-order chi connectivity index (χ1) is 11.4. The summed E-state index contributed by atoms with van der Waals surface area (Å²) in [5.74, 6) is 0.811. The van der Waals surface area contributed by atoms with Crippen LogP contribution in [0.3, 0.4) is 0 Å². The van der Waals surface area contributed by atoms with E-state index in [4.69, 9.17) is 9.47 Å². The van der Waals surface area contributed by atoms with Gasteiger partial charge in [-0.05, 0) is 25.0 Å². The number of nitrogens with one attached hydrogen (secondary N) is 2. The molecule has 24 heavy (non-hydrogen) atoms. The van der Waals surface area contributed by atoms with Gasteiger partial charge in [0.05, 0.1) is 26.2 Å². The highest BCUT2D eigenvalue weighted by atomic mass is 16.5. The summed E-state index contributed by atoms with van der Waals surface area (Å²) in [6, 6.07) is 4.87. The molecule has 0 spiro atoms. The monoisotopic (exact) mass is 335 g/mol. The van der Waals surface area contributed by atoms with Crippen molar-refractivity contribution in [2.75, 3.05) is 20.8 Å². The SMILES string of the molecule is COc1ccc(C(=O)N/N=C(/C)CC(=O)NCC(C)C)c(OC)c1. The minimum absolute atomic E-state index is 0.124. The summed E-state index contributed by atoms with van der Waals surface area (Å²) in [5.41, 5.74) is 3.27. The Kier molecular flexibility index (Phi) is 7.74. The molecule has 7 nitrogen and oxygen atoms in total. The lowest BCUT2D eigenvalue weighted by Gasteiger charge is -2.10. The predicted molar refractivity (Wildman–Crippen MR) is 92.6 cm³/mol. The van der Waals surface area contributed by atoms with E-state index in [2.05, 4.69) is 15.8 Å². The largest absolute Gasteiger partial charge is 0.497 e. The van der Waals surface area contributed by atoms with E-state index in [1.165, 1.54) is 14.2 Å². The third kappa shape index (κ3) is 6.28. The zero-order valence-electron chi connectivity index (χ0n) is 14.8. The van der Waals surface area contributed by atoms with Crippen molar-refractivity contribution in [1.82, 2.24) is 10.7 Å². The number of hydrazone groups is 1. The number of benzene rings is 1. The number of rotatable bonds is 8. The molecule has 0 saturated carbocycles. The van der Waals surface area contributed by atoms with E-state index in [-0.39, 0.29) is 12.3 Å². The zero-order chi connectivity index (χ0) is 18.1. The highest BCUT2D eigenvalue weighted by Gasteiger charge is 2.13. The average molecular weight is 335 g/mol. The van der Waals surface area contributed by atoms with Gasteiger partial charge in [0.15, 0.2) is 0 Å². The fourth-order valence-electron chi connectivity index (χ4n) is 1.84. The van der Waals surface area contributed by atoms with Crippen molar-refractivity contribution in [1.29, 1.82) is 0 Å². The van der Waals surface area contributed by atoms with Gasteiger partial charge in [-0.15, -0.1) is 0 Å². The Labute approximate surface area is 142 Å². The van der Waals surface area contributed by atoms with Crippen molar-refractivity contribution in [3.8, 4) is 11.5 Å². The average Bonchev–Trinajstić information content (AvgIpc) is 2.57. The second kappa shape index (κ2) is 9.54. The van der Waals surface area contributed by atoms with Crippen molar-refractivity contribution in [3.05, 3.63) is 23.8 Å². The summed E-state index contributed by atoms with van der Waals surface area (Å²) in [7, 11) is 3.01. The molecular weight excluding hydrogens is 310 g/mol. The van der Waals surface area contributed by atoms with Crippen LogP contribution in [0.5, 0.6) is 11.5 Å². The first-order valence-corrected chi connectivity index (χ1v) is 7.69. The second-order valence-electron chi connectivity index (χ2n) is 5.73. The maximum absolute atomic E-state index is 12.2. The molecule has 0 unspecified atom stereocenters. The third-order valence-electron chi connectivity index (χ3n) is 3.13. The number of carbonyl (C=O) groups is 2. The van der Waals surface area contributed by atoms with Gasteiger partial charge in [0.2, 0.25) is 5.91 Å². The smallest absolute Gasteiger partial charge is 0.275 e. The molecule has 7 heteroatoms. The summed E-state index contributed by atoms with van der Waals surface area (Å²) >= 11 is 0. The van der Waals surface area contributed by atoms with E-state index >= 15 is 0 Å². The quantitative estimate of drug-likeness (QED) is 0.561. The molecule has 0 atom stereocenters. The molecule has 0 radical (unpaired) electrons. The molecule has 0 aliphatic carbocycles.